The highest BCUT2D eigenvalue weighted by Crippen LogP contribution is 2.56. The molecule has 2 aliphatic rings. The van der Waals surface area contributed by atoms with E-state index < -0.39 is 0 Å². The first kappa shape index (κ1) is 12.3. The number of hydrogen-bond acceptors (Lipinski definition) is 3. The van der Waals surface area contributed by atoms with Gasteiger partial charge in [-0.3, -0.25) is 4.90 Å². The molecule has 2 N–H and O–H groups in total. The van der Waals surface area contributed by atoms with Crippen molar-refractivity contribution in [3.8, 4) is 0 Å². The number of nitrogens with two attached hydrogens (primary N) is 1. The van der Waals surface area contributed by atoms with Crippen LogP contribution in [0.1, 0.15) is 40.5 Å². The molecule has 16 heavy (non-hydrogen) atoms. The van der Waals surface area contributed by atoms with Crippen LogP contribution in [0.25, 0.3) is 0 Å². The average molecular weight is 226 g/mol. The fourth-order valence-corrected chi connectivity index (χ4v) is 3.18. The number of hydrogen-bond donors (Lipinski definition) is 1. The molecule has 2 fully saturated rings. The third-order valence-corrected chi connectivity index (χ3v) is 4.94. The van der Waals surface area contributed by atoms with Gasteiger partial charge in [-0.05, 0) is 39.0 Å². The minimum atomic E-state index is 0.109. The normalized spacial score (nSPS) is 32.1. The predicted molar refractivity (Wildman–Crippen MR) is 66.4 cm³/mol. The summed E-state index contributed by atoms with van der Waals surface area (Å²) in [6.45, 7) is 12.7. The van der Waals surface area contributed by atoms with Crippen molar-refractivity contribution >= 4 is 0 Å². The molecule has 1 saturated heterocycles. The first-order valence-corrected chi connectivity index (χ1v) is 6.41. The van der Waals surface area contributed by atoms with Crippen molar-refractivity contribution in [2.45, 2.75) is 51.6 Å². The number of rotatable bonds is 3. The van der Waals surface area contributed by atoms with Crippen LogP contribution in [0.5, 0.6) is 0 Å². The monoisotopic (exact) mass is 226 g/mol. The van der Waals surface area contributed by atoms with Crippen molar-refractivity contribution in [1.29, 1.82) is 0 Å². The third kappa shape index (κ3) is 1.69. The second-order valence-electron chi connectivity index (χ2n) is 6.56. The van der Waals surface area contributed by atoms with E-state index in [2.05, 4.69) is 32.6 Å². The highest BCUT2D eigenvalue weighted by Gasteiger charge is 2.57. The molecule has 1 aliphatic carbocycles. The zero-order valence-corrected chi connectivity index (χ0v) is 11.2. The summed E-state index contributed by atoms with van der Waals surface area (Å²) in [6.07, 6.45) is 2.63. The number of ether oxygens (including phenoxy) is 1. The van der Waals surface area contributed by atoms with E-state index in [9.17, 15) is 0 Å². The molecule has 0 radical (unpaired) electrons. The van der Waals surface area contributed by atoms with E-state index in [1.807, 2.05) is 0 Å². The van der Waals surface area contributed by atoms with E-state index in [1.165, 1.54) is 12.8 Å². The predicted octanol–water partition coefficient (Wildman–Crippen LogP) is 1.61. The van der Waals surface area contributed by atoms with Crippen molar-refractivity contribution in [1.82, 2.24) is 4.90 Å². The van der Waals surface area contributed by atoms with Gasteiger partial charge in [0, 0.05) is 24.2 Å². The number of morpholine rings is 1. The van der Waals surface area contributed by atoms with Crippen LogP contribution in [-0.2, 0) is 4.74 Å². The van der Waals surface area contributed by atoms with E-state index in [0.29, 0.717) is 5.41 Å². The van der Waals surface area contributed by atoms with Crippen LogP contribution < -0.4 is 5.73 Å². The molecule has 0 spiro atoms. The molecule has 0 aromatic rings. The van der Waals surface area contributed by atoms with Crippen LogP contribution in [-0.4, -0.2) is 42.3 Å². The van der Waals surface area contributed by atoms with E-state index in [1.54, 1.807) is 0 Å². The van der Waals surface area contributed by atoms with Gasteiger partial charge in [-0.1, -0.05) is 6.92 Å². The van der Waals surface area contributed by atoms with Crippen LogP contribution in [0.2, 0.25) is 0 Å². The van der Waals surface area contributed by atoms with Gasteiger partial charge in [-0.2, -0.15) is 0 Å². The topological polar surface area (TPSA) is 38.5 Å². The van der Waals surface area contributed by atoms with Crippen LogP contribution in [0.3, 0.4) is 0 Å². The lowest BCUT2D eigenvalue weighted by atomic mass is 9.78. The lowest BCUT2D eigenvalue weighted by Crippen LogP contribution is -2.67. The fourth-order valence-electron chi connectivity index (χ4n) is 3.18. The van der Waals surface area contributed by atoms with Crippen molar-refractivity contribution < 1.29 is 4.74 Å². The maximum Gasteiger partial charge on any atom is 0.0645 e. The Morgan fingerprint density at radius 1 is 1.31 bits per heavy atom. The Balaban J connectivity index is 2.26. The van der Waals surface area contributed by atoms with Crippen LogP contribution in [0.15, 0.2) is 0 Å². The summed E-state index contributed by atoms with van der Waals surface area (Å²) in [7, 11) is 0. The van der Waals surface area contributed by atoms with E-state index in [-0.39, 0.29) is 11.1 Å². The molecule has 2 rings (SSSR count). The second kappa shape index (κ2) is 3.69. The zero-order valence-electron chi connectivity index (χ0n) is 11.2. The molecule has 1 saturated carbocycles. The summed E-state index contributed by atoms with van der Waals surface area (Å²) < 4.78 is 5.61. The lowest BCUT2D eigenvalue weighted by molar-refractivity contribution is -0.118. The Labute approximate surface area is 99.3 Å². The van der Waals surface area contributed by atoms with Gasteiger partial charge in [0.05, 0.1) is 13.2 Å². The summed E-state index contributed by atoms with van der Waals surface area (Å²) in [5, 5.41) is 0. The lowest BCUT2D eigenvalue weighted by Gasteiger charge is -2.55. The smallest absolute Gasteiger partial charge is 0.0645 e. The molecule has 94 valence electrons. The van der Waals surface area contributed by atoms with E-state index in [4.69, 9.17) is 10.5 Å². The van der Waals surface area contributed by atoms with Gasteiger partial charge >= 0.3 is 0 Å². The molecule has 3 nitrogen and oxygen atoms in total. The standard InChI is InChI=1S/C13H26N2O/c1-11(2)10-16-8-7-15(11)13(4,9-14)12(3)5-6-12/h5-10,14H2,1-4H3. The zero-order chi connectivity index (χ0) is 12.0. The molecular weight excluding hydrogens is 200 g/mol. The van der Waals surface area contributed by atoms with Gasteiger partial charge in [0.1, 0.15) is 0 Å². The largest absolute Gasteiger partial charge is 0.378 e. The van der Waals surface area contributed by atoms with Crippen molar-refractivity contribution in [2.24, 2.45) is 11.1 Å². The van der Waals surface area contributed by atoms with Crippen LogP contribution in [0, 0.1) is 5.41 Å². The maximum absolute atomic E-state index is 6.10. The Hall–Kier alpha value is -0.120. The van der Waals surface area contributed by atoms with Gasteiger partial charge in [0.2, 0.25) is 0 Å². The second-order valence-corrected chi connectivity index (χ2v) is 6.56. The Morgan fingerprint density at radius 2 is 1.94 bits per heavy atom. The van der Waals surface area contributed by atoms with Crippen molar-refractivity contribution in [3.63, 3.8) is 0 Å². The minimum Gasteiger partial charge on any atom is -0.378 e. The van der Waals surface area contributed by atoms with Gasteiger partial charge in [0.15, 0.2) is 0 Å². The van der Waals surface area contributed by atoms with Crippen LogP contribution >= 0.6 is 0 Å². The Bertz CT molecular complexity index is 273. The minimum absolute atomic E-state index is 0.109. The fraction of sp³-hybridized carbons (Fsp3) is 1.00. The van der Waals surface area contributed by atoms with Gasteiger partial charge in [0.25, 0.3) is 0 Å². The summed E-state index contributed by atoms with van der Waals surface area (Å²) in [4.78, 5) is 2.59. The number of nitrogens with zero attached hydrogens (tertiary/aromatic N) is 1. The molecule has 0 aromatic carbocycles. The van der Waals surface area contributed by atoms with E-state index in [0.717, 1.165) is 26.3 Å². The highest BCUT2D eigenvalue weighted by molar-refractivity contribution is 5.12. The van der Waals surface area contributed by atoms with Crippen LogP contribution in [0.4, 0.5) is 0 Å². The Kier molecular flexibility index (Phi) is 2.84. The molecule has 0 aromatic heterocycles. The summed E-state index contributed by atoms with van der Waals surface area (Å²) in [5.74, 6) is 0. The summed E-state index contributed by atoms with van der Waals surface area (Å²) >= 11 is 0. The molecule has 0 amide bonds. The van der Waals surface area contributed by atoms with Crippen molar-refractivity contribution in [3.05, 3.63) is 0 Å². The first-order chi connectivity index (χ1) is 7.36. The molecular formula is C13H26N2O. The first-order valence-electron chi connectivity index (χ1n) is 6.41. The maximum atomic E-state index is 6.10. The molecule has 3 heteroatoms. The quantitative estimate of drug-likeness (QED) is 0.794. The molecule has 0 bridgehead atoms. The van der Waals surface area contributed by atoms with Crippen molar-refractivity contribution in [2.75, 3.05) is 26.3 Å². The Morgan fingerprint density at radius 3 is 2.38 bits per heavy atom. The highest BCUT2D eigenvalue weighted by atomic mass is 16.5. The van der Waals surface area contributed by atoms with Gasteiger partial charge in [-0.15, -0.1) is 0 Å². The molecule has 1 heterocycles. The third-order valence-electron chi connectivity index (χ3n) is 4.94. The molecule has 1 aliphatic heterocycles. The van der Waals surface area contributed by atoms with Gasteiger partial charge < -0.3 is 10.5 Å². The molecule has 1 unspecified atom stereocenters. The average Bonchev–Trinajstić information content (AvgIpc) is 2.96. The summed E-state index contributed by atoms with van der Waals surface area (Å²) in [5.41, 5.74) is 6.75. The summed E-state index contributed by atoms with van der Waals surface area (Å²) in [6, 6.07) is 0. The molecule has 1 atom stereocenters. The van der Waals surface area contributed by atoms with Gasteiger partial charge in [-0.25, -0.2) is 0 Å². The van der Waals surface area contributed by atoms with E-state index >= 15 is 0 Å². The SMILES string of the molecule is CC1(C)COCCN1C(C)(CN)C1(C)CC1.